The molecule has 0 spiro atoms. The lowest BCUT2D eigenvalue weighted by Gasteiger charge is -2.32. The number of rotatable bonds is 9. The Labute approximate surface area is 509 Å². The molecule has 0 saturated carbocycles. The Morgan fingerprint density at radius 2 is 0.952 bits per heavy atom. The molecule has 13 rings (SSSR count). The van der Waals surface area contributed by atoms with Gasteiger partial charge in [0.1, 0.15) is 12.5 Å². The quantitative estimate of drug-likeness (QED) is 0.143. The largest absolute Gasteiger partial charge is 0.321 e. The van der Waals surface area contributed by atoms with Crippen LogP contribution in [0.2, 0.25) is 0 Å². The first-order valence-electron chi connectivity index (χ1n) is 33.0. The molecule has 0 N–H and O–H groups in total. The van der Waals surface area contributed by atoms with Gasteiger partial charge in [-0.25, -0.2) is 4.98 Å². The molecule has 0 unspecified atom stereocenters. The van der Waals surface area contributed by atoms with Gasteiger partial charge in [-0.2, -0.15) is 0 Å². The normalized spacial score (nSPS) is 14.5. The molecule has 0 radical (unpaired) electrons. The standard InChI is InChI=1S/C79H73N5/c1-53-43-75(80-51-70(53)55-29-16-12-17-30-55)84-71-38-23-22-35-68(71)66-33-20-21-34-67(66)69-42-41-61(50-74(69)84)83(60-31-18-13-19-32-60)63-48-59(79(8,9)10)47-62(49-63)81-52-82(73-40-25-24-39-72(73)81)76-64(54-27-14-11-15-28-54)36-26-37-65(76)56-44-57(77(2,3)4)46-58(45-56)78(5,6)7/h11-51H,52H2,1-10H3/i1D3,11D,14D,15D,27D,28D. The van der Waals surface area contributed by atoms with Crippen molar-refractivity contribution in [1.82, 2.24) is 4.98 Å². The summed E-state index contributed by atoms with van der Waals surface area (Å²) in [6.07, 6.45) is 1.70. The summed E-state index contributed by atoms with van der Waals surface area (Å²) in [6, 6.07) is 71.0. The van der Waals surface area contributed by atoms with Crippen molar-refractivity contribution in [3.05, 3.63) is 271 Å². The first kappa shape index (κ1) is 45.1. The number of nitrogens with zero attached hydrogens (tertiary/aromatic N) is 5. The molecule has 5 heteroatoms. The molecular formula is C79H73N5. The minimum atomic E-state index is -2.47. The summed E-state index contributed by atoms with van der Waals surface area (Å²) in [4.78, 5) is 14.2. The summed E-state index contributed by atoms with van der Waals surface area (Å²) in [7, 11) is 0. The first-order valence-corrected chi connectivity index (χ1v) is 29.0. The predicted molar refractivity (Wildman–Crippen MR) is 357 cm³/mol. The Kier molecular flexibility index (Phi) is 11.3. The van der Waals surface area contributed by atoms with Crippen molar-refractivity contribution in [1.29, 1.82) is 0 Å². The monoisotopic (exact) mass is 1100 g/mol. The summed E-state index contributed by atoms with van der Waals surface area (Å²) in [5.74, 6) is 0.461. The van der Waals surface area contributed by atoms with Crippen LogP contribution in [0.1, 0.15) is 95.5 Å². The van der Waals surface area contributed by atoms with Crippen molar-refractivity contribution < 1.29 is 11.0 Å². The highest BCUT2D eigenvalue weighted by Gasteiger charge is 2.35. The lowest BCUT2D eigenvalue weighted by atomic mass is 9.78. The van der Waals surface area contributed by atoms with Crippen LogP contribution in [0.15, 0.2) is 249 Å². The van der Waals surface area contributed by atoms with Crippen LogP contribution in [-0.2, 0) is 16.2 Å². The van der Waals surface area contributed by atoms with Crippen LogP contribution in [0.25, 0.3) is 55.6 Å². The van der Waals surface area contributed by atoms with Gasteiger partial charge >= 0.3 is 0 Å². The van der Waals surface area contributed by atoms with Gasteiger partial charge in [0.15, 0.2) is 0 Å². The summed E-state index contributed by atoms with van der Waals surface area (Å²) >= 11 is 0. The second kappa shape index (κ2) is 21.1. The molecule has 0 bridgehead atoms. The van der Waals surface area contributed by atoms with Crippen LogP contribution in [0, 0.1) is 6.85 Å². The van der Waals surface area contributed by atoms with E-state index in [1.165, 1.54) is 0 Å². The van der Waals surface area contributed by atoms with Gasteiger partial charge in [-0.15, -0.1) is 0 Å². The zero-order valence-corrected chi connectivity index (χ0v) is 49.2. The predicted octanol–water partition coefficient (Wildman–Crippen LogP) is 22.1. The zero-order chi connectivity index (χ0) is 64.9. The molecule has 2 aliphatic heterocycles. The van der Waals surface area contributed by atoms with Crippen LogP contribution in [0.3, 0.4) is 0 Å². The van der Waals surface area contributed by atoms with Crippen LogP contribution in [-0.4, -0.2) is 11.7 Å². The van der Waals surface area contributed by atoms with Gasteiger partial charge in [0.05, 0.1) is 35.3 Å². The Hall–Kier alpha value is -9.45. The molecule has 0 aliphatic carbocycles. The number of benzene rings is 10. The van der Waals surface area contributed by atoms with E-state index in [0.717, 1.165) is 107 Å². The van der Waals surface area contributed by atoms with E-state index >= 15 is 0 Å². The highest BCUT2D eigenvalue weighted by Crippen LogP contribution is 2.55. The van der Waals surface area contributed by atoms with Crippen molar-refractivity contribution in [2.75, 3.05) is 26.3 Å². The topological polar surface area (TPSA) is 25.9 Å². The third-order valence-electron chi connectivity index (χ3n) is 16.5. The lowest BCUT2D eigenvalue weighted by Crippen LogP contribution is -2.26. The average Bonchev–Trinajstić information content (AvgIpc) is 1.49. The van der Waals surface area contributed by atoms with E-state index in [1.807, 2.05) is 72.8 Å². The van der Waals surface area contributed by atoms with Crippen molar-refractivity contribution in [2.45, 2.75) is 85.4 Å². The molecule has 5 nitrogen and oxygen atoms in total. The van der Waals surface area contributed by atoms with E-state index in [-0.39, 0.29) is 39.5 Å². The summed E-state index contributed by atoms with van der Waals surface area (Å²) in [5.41, 5.74) is 18.3. The molecular weight excluding hydrogens is 1020 g/mol. The van der Waals surface area contributed by atoms with E-state index in [4.69, 9.17) is 13.2 Å². The van der Waals surface area contributed by atoms with E-state index in [9.17, 15) is 2.74 Å². The summed E-state index contributed by atoms with van der Waals surface area (Å²) in [6.45, 7) is 17.8. The second-order valence-corrected chi connectivity index (χ2v) is 25.2. The lowest BCUT2D eigenvalue weighted by molar-refractivity contribution is 0.569. The number of para-hydroxylation sites is 5. The van der Waals surface area contributed by atoms with Crippen molar-refractivity contribution in [2.24, 2.45) is 0 Å². The number of fused-ring (bicyclic) bond motifs is 6. The Balaban J connectivity index is 1.03. The third kappa shape index (κ3) is 9.91. The summed E-state index contributed by atoms with van der Waals surface area (Å²) < 4.78 is 72.4. The van der Waals surface area contributed by atoms with Crippen molar-refractivity contribution >= 4 is 57.0 Å². The zero-order valence-electron chi connectivity index (χ0n) is 57.2. The fourth-order valence-electron chi connectivity index (χ4n) is 12.0. The maximum absolute atomic E-state index is 9.47. The molecule has 0 atom stereocenters. The molecule has 10 aromatic carbocycles. The Morgan fingerprint density at radius 1 is 0.405 bits per heavy atom. The molecule has 11 aromatic rings. The van der Waals surface area contributed by atoms with Gasteiger partial charge in [-0.05, 0) is 140 Å². The smallest absolute Gasteiger partial charge is 0.137 e. The summed E-state index contributed by atoms with van der Waals surface area (Å²) in [5, 5.41) is 0. The van der Waals surface area contributed by atoms with Crippen LogP contribution in [0.5, 0.6) is 0 Å². The van der Waals surface area contributed by atoms with Crippen molar-refractivity contribution in [3.8, 4) is 55.6 Å². The van der Waals surface area contributed by atoms with Crippen LogP contribution >= 0.6 is 0 Å². The van der Waals surface area contributed by atoms with E-state index < -0.39 is 25.0 Å². The van der Waals surface area contributed by atoms with Gasteiger partial charge in [-0.1, -0.05) is 238 Å². The van der Waals surface area contributed by atoms with Gasteiger partial charge in [-0.3, -0.25) is 4.90 Å². The van der Waals surface area contributed by atoms with Crippen molar-refractivity contribution in [3.63, 3.8) is 0 Å². The van der Waals surface area contributed by atoms with Crippen LogP contribution < -0.4 is 19.6 Å². The number of pyridine rings is 1. The minimum absolute atomic E-state index is 0.131. The first-order chi connectivity index (χ1) is 43.8. The maximum atomic E-state index is 9.47. The number of aromatic nitrogens is 1. The molecule has 2 aliphatic rings. The van der Waals surface area contributed by atoms with Gasteiger partial charge in [0.2, 0.25) is 0 Å². The maximum Gasteiger partial charge on any atom is 0.137 e. The molecule has 3 heterocycles. The second-order valence-electron chi connectivity index (χ2n) is 25.2. The molecule has 0 amide bonds. The number of aryl methyl sites for hydroxylation is 1. The van der Waals surface area contributed by atoms with Crippen LogP contribution in [0.4, 0.5) is 57.0 Å². The molecule has 1 aromatic heterocycles. The average molecular weight is 1100 g/mol. The highest BCUT2D eigenvalue weighted by molar-refractivity contribution is 6.04. The Morgan fingerprint density at radius 3 is 1.60 bits per heavy atom. The van der Waals surface area contributed by atoms with E-state index in [1.54, 1.807) is 12.3 Å². The fourth-order valence-corrected chi connectivity index (χ4v) is 12.0. The van der Waals surface area contributed by atoms with Gasteiger partial charge in [0, 0.05) is 60.9 Å². The number of anilines is 10. The Bertz CT molecular complexity index is 4630. The highest BCUT2D eigenvalue weighted by atomic mass is 15.4. The number of hydrogen-bond acceptors (Lipinski definition) is 5. The van der Waals surface area contributed by atoms with Gasteiger partial charge < -0.3 is 14.7 Å². The van der Waals surface area contributed by atoms with E-state index in [0.29, 0.717) is 23.6 Å². The molecule has 84 heavy (non-hydrogen) atoms. The molecule has 0 fully saturated rings. The number of hydrogen-bond donors (Lipinski definition) is 0. The molecule has 0 saturated heterocycles. The SMILES string of the molecule is [2H]c1c([2H])c([2H])c(-c2cccc(-c3cc(C(C)(C)C)cc(C(C)(C)C)c3)c2N2CN(c3cc(N(c4ccccc4)c4ccc5c(c4)N(c4cc(C([2H])([2H])[2H])c(-c6ccccc6)cn4)c4ccccc4-c4ccccc4-5)cc(C(C)(C)C)c3)c3ccccc32)c([2H])c1[2H]. The van der Waals surface area contributed by atoms with Gasteiger partial charge in [0.25, 0.3) is 0 Å². The molecule has 414 valence electrons. The fraction of sp³-hybridized carbons (Fsp3) is 0.177. The minimum Gasteiger partial charge on any atom is -0.321 e. The van der Waals surface area contributed by atoms with E-state index in [2.05, 4.69) is 215 Å². The third-order valence-corrected chi connectivity index (χ3v) is 16.5.